The van der Waals surface area contributed by atoms with Crippen molar-refractivity contribution in [3.05, 3.63) is 30.1 Å². The zero-order valence-electron chi connectivity index (χ0n) is 22.1. The fourth-order valence-electron chi connectivity index (χ4n) is 5.75. The number of rotatable bonds is 8. The van der Waals surface area contributed by atoms with E-state index in [1.54, 1.807) is 6.33 Å². The Hall–Kier alpha value is -2.50. The molecule has 2 aliphatic carbocycles. The minimum Gasteiger partial charge on any atom is -0.360 e. The van der Waals surface area contributed by atoms with Gasteiger partial charge in [0, 0.05) is 23.3 Å². The molecule has 2 saturated carbocycles. The lowest BCUT2D eigenvalue weighted by Gasteiger charge is -2.43. The van der Waals surface area contributed by atoms with Crippen LogP contribution in [0.4, 0.5) is 5.82 Å². The maximum atomic E-state index is 12.6. The van der Waals surface area contributed by atoms with Crippen LogP contribution in [0.5, 0.6) is 0 Å². The number of carbonyl (C=O) groups excluding carboxylic acids is 2. The van der Waals surface area contributed by atoms with Gasteiger partial charge in [-0.15, -0.1) is 0 Å². The summed E-state index contributed by atoms with van der Waals surface area (Å²) in [6.07, 6.45) is 9.04. The van der Waals surface area contributed by atoms with Crippen LogP contribution >= 0.6 is 0 Å². The number of carbonyl (C=O) groups is 2. The number of nitrogens with zero attached hydrogens (tertiary/aromatic N) is 2. The van der Waals surface area contributed by atoms with Gasteiger partial charge in [0.25, 0.3) is 0 Å². The molecule has 1 atom stereocenters. The molecule has 1 aromatic carbocycles. The molecule has 4 rings (SSSR count). The summed E-state index contributed by atoms with van der Waals surface area (Å²) in [5.74, 6) is 3.07. The Labute approximate surface area is 210 Å². The zero-order chi connectivity index (χ0) is 25.2. The van der Waals surface area contributed by atoms with Gasteiger partial charge >= 0.3 is 0 Å². The molecule has 2 aliphatic rings. The summed E-state index contributed by atoms with van der Waals surface area (Å²) in [5.41, 5.74) is 2.12. The molecule has 1 unspecified atom stereocenters. The minimum absolute atomic E-state index is 0.00930. The molecule has 1 amide bonds. The first-order chi connectivity index (χ1) is 16.7. The summed E-state index contributed by atoms with van der Waals surface area (Å²) in [4.78, 5) is 33.9. The first-order valence-electron chi connectivity index (χ1n) is 13.5. The molecule has 190 valence electrons. The predicted molar refractivity (Wildman–Crippen MR) is 141 cm³/mol. The van der Waals surface area contributed by atoms with E-state index in [4.69, 9.17) is 0 Å². The quantitative estimate of drug-likeness (QED) is 0.512. The zero-order valence-corrected chi connectivity index (χ0v) is 22.1. The lowest BCUT2D eigenvalue weighted by molar-refractivity contribution is -0.128. The summed E-state index contributed by atoms with van der Waals surface area (Å²) < 4.78 is 0. The Balaban J connectivity index is 1.23. The average molecular weight is 479 g/mol. The molecular formula is C29H42N4O2. The summed E-state index contributed by atoms with van der Waals surface area (Å²) >= 11 is 0. The molecule has 0 aliphatic heterocycles. The third-order valence-electron chi connectivity index (χ3n) is 8.40. The van der Waals surface area contributed by atoms with Gasteiger partial charge in [-0.1, -0.05) is 40.7 Å². The smallest absolute Gasteiger partial charge is 0.239 e. The number of amides is 1. The van der Waals surface area contributed by atoms with Gasteiger partial charge in [0.15, 0.2) is 0 Å². The van der Waals surface area contributed by atoms with E-state index in [1.807, 2.05) is 6.07 Å². The number of benzene rings is 1. The number of fused-ring (bicyclic) bond motifs is 1. The summed E-state index contributed by atoms with van der Waals surface area (Å²) in [6.45, 7) is 10.9. The number of hydrogen-bond donors (Lipinski definition) is 2. The highest BCUT2D eigenvalue weighted by Gasteiger charge is 2.38. The van der Waals surface area contributed by atoms with Crippen LogP contribution in [0, 0.1) is 23.7 Å². The second-order valence-electron chi connectivity index (χ2n) is 11.9. The van der Waals surface area contributed by atoms with E-state index in [-0.39, 0.29) is 35.7 Å². The van der Waals surface area contributed by atoms with Gasteiger partial charge < -0.3 is 10.6 Å². The number of hydrogen-bond acceptors (Lipinski definition) is 5. The van der Waals surface area contributed by atoms with Crippen molar-refractivity contribution in [2.24, 2.45) is 23.7 Å². The molecule has 2 fully saturated rings. The molecule has 0 radical (unpaired) electrons. The van der Waals surface area contributed by atoms with Gasteiger partial charge in [-0.2, -0.15) is 0 Å². The fourth-order valence-corrected chi connectivity index (χ4v) is 5.75. The van der Waals surface area contributed by atoms with Crippen molar-refractivity contribution < 1.29 is 9.59 Å². The SMILES string of the molecule is CCC(C)C(=O)C1CCC(C2CC(NC(=O)CNc3ncnc4ccc(C(C)(C)C)cc34)C2)CC1. The van der Waals surface area contributed by atoms with Crippen LogP contribution in [0.25, 0.3) is 10.9 Å². The Morgan fingerprint density at radius 1 is 1.06 bits per heavy atom. The first-order valence-corrected chi connectivity index (χ1v) is 13.5. The van der Waals surface area contributed by atoms with E-state index in [0.717, 1.165) is 55.8 Å². The third-order valence-corrected chi connectivity index (χ3v) is 8.40. The van der Waals surface area contributed by atoms with Crippen molar-refractivity contribution in [3.8, 4) is 0 Å². The number of aromatic nitrogens is 2. The van der Waals surface area contributed by atoms with E-state index >= 15 is 0 Å². The summed E-state index contributed by atoms with van der Waals surface area (Å²) in [7, 11) is 0. The van der Waals surface area contributed by atoms with Crippen LogP contribution in [-0.4, -0.2) is 34.2 Å². The highest BCUT2D eigenvalue weighted by molar-refractivity contribution is 5.91. The molecule has 35 heavy (non-hydrogen) atoms. The number of nitrogens with one attached hydrogen (secondary N) is 2. The van der Waals surface area contributed by atoms with Crippen LogP contribution in [0.3, 0.4) is 0 Å². The minimum atomic E-state index is 0.00930. The Kier molecular flexibility index (Phi) is 7.77. The van der Waals surface area contributed by atoms with Crippen molar-refractivity contribution in [2.45, 2.75) is 91.0 Å². The first kappa shape index (κ1) is 25.6. The van der Waals surface area contributed by atoms with E-state index in [9.17, 15) is 9.59 Å². The second kappa shape index (κ2) is 10.6. The van der Waals surface area contributed by atoms with Gasteiger partial charge in [0.1, 0.15) is 17.9 Å². The Morgan fingerprint density at radius 2 is 1.77 bits per heavy atom. The molecule has 1 aromatic heterocycles. The number of ketones is 1. The van der Waals surface area contributed by atoms with Crippen molar-refractivity contribution in [2.75, 3.05) is 11.9 Å². The highest BCUT2D eigenvalue weighted by Crippen LogP contribution is 2.43. The standard InChI is InChI=1S/C29H42N4O2/c1-6-18(2)27(35)20-9-7-19(8-10-20)21-13-23(14-21)33-26(34)16-30-28-24-15-22(29(3,4)5)11-12-25(24)31-17-32-28/h11-12,15,17-21,23H,6-10,13-14,16H2,1-5H3,(H,33,34)(H,30,31,32). The van der Waals surface area contributed by atoms with Gasteiger partial charge in [-0.05, 0) is 79.9 Å². The summed E-state index contributed by atoms with van der Waals surface area (Å²) in [5, 5.41) is 7.36. The Bertz CT molecular complexity index is 1050. The van der Waals surface area contributed by atoms with Gasteiger partial charge in [-0.25, -0.2) is 9.97 Å². The molecule has 0 bridgehead atoms. The topological polar surface area (TPSA) is 84.0 Å². The Morgan fingerprint density at radius 3 is 2.43 bits per heavy atom. The van der Waals surface area contributed by atoms with Gasteiger partial charge in [-0.3, -0.25) is 9.59 Å². The van der Waals surface area contributed by atoms with Crippen molar-refractivity contribution >= 4 is 28.4 Å². The monoisotopic (exact) mass is 478 g/mol. The number of Topliss-reactive ketones (excluding diaryl/α,β-unsaturated/α-hetero) is 1. The molecular weight excluding hydrogens is 436 g/mol. The normalized spacial score (nSPS) is 25.5. The van der Waals surface area contributed by atoms with E-state index in [2.05, 4.69) is 67.4 Å². The lowest BCUT2D eigenvalue weighted by atomic mass is 9.65. The van der Waals surface area contributed by atoms with Crippen LogP contribution in [0.15, 0.2) is 24.5 Å². The largest absolute Gasteiger partial charge is 0.360 e. The molecule has 0 saturated heterocycles. The second-order valence-corrected chi connectivity index (χ2v) is 11.9. The predicted octanol–water partition coefficient (Wildman–Crippen LogP) is 5.66. The van der Waals surface area contributed by atoms with Crippen LogP contribution in [0.1, 0.15) is 85.1 Å². The molecule has 6 nitrogen and oxygen atoms in total. The van der Waals surface area contributed by atoms with E-state index < -0.39 is 0 Å². The van der Waals surface area contributed by atoms with Crippen molar-refractivity contribution in [1.29, 1.82) is 0 Å². The molecule has 0 spiro atoms. The van der Waals surface area contributed by atoms with E-state index in [0.29, 0.717) is 23.4 Å². The molecule has 1 heterocycles. The van der Waals surface area contributed by atoms with Crippen molar-refractivity contribution in [1.82, 2.24) is 15.3 Å². The maximum absolute atomic E-state index is 12.6. The van der Waals surface area contributed by atoms with E-state index in [1.165, 1.54) is 5.56 Å². The number of anilines is 1. The third kappa shape index (κ3) is 6.02. The van der Waals surface area contributed by atoms with Crippen molar-refractivity contribution in [3.63, 3.8) is 0 Å². The average Bonchev–Trinajstić information content (AvgIpc) is 2.83. The van der Waals surface area contributed by atoms with Crippen LogP contribution < -0.4 is 10.6 Å². The lowest BCUT2D eigenvalue weighted by Crippen LogP contribution is -2.48. The summed E-state index contributed by atoms with van der Waals surface area (Å²) in [6, 6.07) is 6.51. The van der Waals surface area contributed by atoms with Gasteiger partial charge in [0.05, 0.1) is 12.1 Å². The van der Waals surface area contributed by atoms with Crippen LogP contribution in [0.2, 0.25) is 0 Å². The van der Waals surface area contributed by atoms with Gasteiger partial charge in [0.2, 0.25) is 5.91 Å². The molecule has 6 heteroatoms. The fraction of sp³-hybridized carbons (Fsp3) is 0.655. The van der Waals surface area contributed by atoms with Crippen LogP contribution in [-0.2, 0) is 15.0 Å². The maximum Gasteiger partial charge on any atom is 0.239 e. The molecule has 2 aromatic rings. The molecule has 2 N–H and O–H groups in total. The highest BCUT2D eigenvalue weighted by atomic mass is 16.2.